The molecule has 3 aromatic rings. The van der Waals surface area contributed by atoms with E-state index in [2.05, 4.69) is 98.2 Å². The quantitative estimate of drug-likeness (QED) is 0.194. The standard InChI is InChI=1S/C21H27N2.C10H11BrO.2ClH.Ru/c1-14-9-16(3)20(17(4)10-14)22-7-8-23(13-22)21-18(5)11-15(2)12-19(21)6;1-7(2)12-10-5-4-9(11)6-8(10)3;;;/h9-13H,7-8H2,1-6H3;3-7H,1-2H3;2*1H;/q-1;;;;+2/p-2. The maximum atomic E-state index is 5.86. The SMILES string of the molecule is CC(C)Oc1ccc(Br)cc1[CH]=[Ru]([Cl])[Cl].Cc1cc(C)c(N2[CH-]N(c3c(C)cc(C)cc3C)CC2)c(C)c1. The van der Waals surface area contributed by atoms with Gasteiger partial charge in [0, 0.05) is 24.5 Å². The Morgan fingerprint density at radius 3 is 1.66 bits per heavy atom. The van der Waals surface area contributed by atoms with Gasteiger partial charge in [-0.2, -0.15) is 6.67 Å². The number of benzene rings is 3. The zero-order valence-electron chi connectivity index (χ0n) is 23.5. The fraction of sp³-hybridized carbons (Fsp3) is 0.355. The summed E-state index contributed by atoms with van der Waals surface area (Å²) in [4.78, 5) is 4.81. The molecule has 4 rings (SSSR count). The molecular weight excluding hydrogens is 668 g/mol. The second-order valence-corrected chi connectivity index (χ2v) is 16.8. The van der Waals surface area contributed by atoms with Gasteiger partial charge in [-0.1, -0.05) is 35.4 Å². The van der Waals surface area contributed by atoms with Crippen LogP contribution in [0.25, 0.3) is 0 Å². The minimum Gasteiger partial charge on any atom is -0.502 e. The molecule has 1 fully saturated rings. The van der Waals surface area contributed by atoms with E-state index in [0.717, 1.165) is 28.9 Å². The van der Waals surface area contributed by atoms with Crippen molar-refractivity contribution in [2.24, 2.45) is 0 Å². The number of aryl methyl sites for hydroxylation is 6. The van der Waals surface area contributed by atoms with Crippen LogP contribution in [0.1, 0.15) is 52.8 Å². The molecule has 3 nitrogen and oxygen atoms in total. The maximum Gasteiger partial charge on any atom is 0.0146 e. The van der Waals surface area contributed by atoms with Crippen LogP contribution in [-0.2, 0) is 13.5 Å². The van der Waals surface area contributed by atoms with Crippen LogP contribution in [0.5, 0.6) is 5.75 Å². The van der Waals surface area contributed by atoms with E-state index in [4.69, 9.17) is 24.1 Å². The first-order chi connectivity index (χ1) is 17.8. The second kappa shape index (κ2) is 13.8. The van der Waals surface area contributed by atoms with E-state index in [1.807, 2.05) is 36.7 Å². The first kappa shape index (κ1) is 31.1. The number of hydrogen-bond acceptors (Lipinski definition) is 3. The summed E-state index contributed by atoms with van der Waals surface area (Å²) in [5.41, 5.74) is 11.8. The Bertz CT molecular complexity index is 1210. The van der Waals surface area contributed by atoms with Crippen molar-refractivity contribution in [2.45, 2.75) is 61.5 Å². The summed E-state index contributed by atoms with van der Waals surface area (Å²) in [5, 5.41) is 0. The molecule has 0 N–H and O–H groups in total. The van der Waals surface area contributed by atoms with Crippen molar-refractivity contribution in [3.63, 3.8) is 0 Å². The summed E-state index contributed by atoms with van der Waals surface area (Å²) in [5.74, 6) is 0.827. The fourth-order valence-electron chi connectivity index (χ4n) is 5.13. The zero-order valence-corrected chi connectivity index (χ0v) is 28.3. The largest absolute Gasteiger partial charge is 0.502 e. The molecule has 3 aromatic carbocycles. The minimum absolute atomic E-state index is 0.143. The van der Waals surface area contributed by atoms with Crippen LogP contribution in [0, 0.1) is 48.2 Å². The fourth-order valence-corrected chi connectivity index (χ4v) is 7.30. The minimum atomic E-state index is -1.81. The monoisotopic (exact) mass is 705 g/mol. The van der Waals surface area contributed by atoms with E-state index in [1.54, 1.807) is 0 Å². The number of halogens is 3. The van der Waals surface area contributed by atoms with Gasteiger partial charge in [-0.05, 0) is 63.8 Å². The van der Waals surface area contributed by atoms with Crippen molar-refractivity contribution in [3.05, 3.63) is 92.6 Å². The summed E-state index contributed by atoms with van der Waals surface area (Å²) >= 11 is 1.59. The molecule has 0 saturated carbocycles. The third-order valence-corrected chi connectivity index (χ3v) is 8.55. The first-order valence-corrected chi connectivity index (χ1v) is 19.0. The van der Waals surface area contributed by atoms with Crippen molar-refractivity contribution in [1.82, 2.24) is 0 Å². The number of nitrogens with zero attached hydrogens (tertiary/aromatic N) is 2. The maximum absolute atomic E-state index is 5.86. The van der Waals surface area contributed by atoms with E-state index >= 15 is 0 Å². The Morgan fingerprint density at radius 1 is 0.816 bits per heavy atom. The van der Waals surface area contributed by atoms with Gasteiger partial charge in [0.05, 0.1) is 0 Å². The molecule has 1 heterocycles. The molecule has 0 spiro atoms. The molecule has 0 unspecified atom stereocenters. The Hall–Kier alpha value is -1.39. The second-order valence-electron chi connectivity index (χ2n) is 10.2. The first-order valence-electron chi connectivity index (χ1n) is 12.7. The van der Waals surface area contributed by atoms with Gasteiger partial charge in [-0.25, -0.2) is 0 Å². The molecule has 0 bridgehead atoms. The zero-order chi connectivity index (χ0) is 28.1. The smallest absolute Gasteiger partial charge is 0.0146 e. The Balaban J connectivity index is 0.000000232. The van der Waals surface area contributed by atoms with Gasteiger partial charge in [0.25, 0.3) is 0 Å². The van der Waals surface area contributed by atoms with Gasteiger partial charge >= 0.3 is 112 Å². The van der Waals surface area contributed by atoms with Crippen LogP contribution in [0.4, 0.5) is 11.4 Å². The predicted octanol–water partition coefficient (Wildman–Crippen LogP) is 9.30. The molecule has 0 amide bonds. The average Bonchev–Trinajstić information content (AvgIpc) is 3.23. The summed E-state index contributed by atoms with van der Waals surface area (Å²) in [6.07, 6.45) is 0.143. The van der Waals surface area contributed by atoms with Gasteiger partial charge < -0.3 is 9.80 Å². The number of ether oxygens (including phenoxy) is 1. The van der Waals surface area contributed by atoms with Gasteiger partial charge in [0.1, 0.15) is 0 Å². The summed E-state index contributed by atoms with van der Waals surface area (Å²) < 4.78 is 8.53. The molecule has 0 radical (unpaired) electrons. The molecule has 1 saturated heterocycles. The van der Waals surface area contributed by atoms with Gasteiger partial charge in [-0.3, -0.25) is 0 Å². The predicted molar refractivity (Wildman–Crippen MR) is 167 cm³/mol. The summed E-state index contributed by atoms with van der Waals surface area (Å²) in [6, 6.07) is 14.9. The van der Waals surface area contributed by atoms with Crippen molar-refractivity contribution in [3.8, 4) is 5.75 Å². The van der Waals surface area contributed by atoms with Crippen molar-refractivity contribution < 1.29 is 18.3 Å². The molecule has 1 aliphatic rings. The van der Waals surface area contributed by atoms with Gasteiger partial charge in [0.2, 0.25) is 0 Å². The molecule has 0 aromatic heterocycles. The van der Waals surface area contributed by atoms with E-state index in [9.17, 15) is 0 Å². The van der Waals surface area contributed by atoms with Crippen LogP contribution in [0.2, 0.25) is 0 Å². The third-order valence-electron chi connectivity index (χ3n) is 6.23. The average molecular weight is 707 g/mol. The Morgan fingerprint density at radius 2 is 1.26 bits per heavy atom. The number of anilines is 2. The van der Waals surface area contributed by atoms with Crippen LogP contribution in [0.15, 0.2) is 46.9 Å². The van der Waals surface area contributed by atoms with Crippen molar-refractivity contribution in [1.29, 1.82) is 0 Å². The molecule has 1 aliphatic heterocycles. The molecule has 7 heteroatoms. The normalized spacial score (nSPS) is 13.4. The Kier molecular flexibility index (Phi) is 11.3. The van der Waals surface area contributed by atoms with Gasteiger partial charge in [0.15, 0.2) is 0 Å². The van der Waals surface area contributed by atoms with E-state index in [0.29, 0.717) is 0 Å². The molecular formula is C31H38BrCl2N2ORu-. The number of hydrogen-bond donors (Lipinski definition) is 0. The van der Waals surface area contributed by atoms with E-state index < -0.39 is 13.5 Å². The van der Waals surface area contributed by atoms with Crippen LogP contribution < -0.4 is 14.5 Å². The van der Waals surface area contributed by atoms with Gasteiger partial charge in [-0.15, -0.1) is 0 Å². The topological polar surface area (TPSA) is 15.7 Å². The van der Waals surface area contributed by atoms with Crippen LogP contribution in [0.3, 0.4) is 0 Å². The van der Waals surface area contributed by atoms with E-state index in [-0.39, 0.29) is 6.10 Å². The number of rotatable bonds is 5. The van der Waals surface area contributed by atoms with Crippen molar-refractivity contribution in [2.75, 3.05) is 22.9 Å². The molecule has 0 atom stereocenters. The van der Waals surface area contributed by atoms with Crippen LogP contribution >= 0.6 is 35.3 Å². The molecule has 208 valence electrons. The Labute approximate surface area is 250 Å². The van der Waals surface area contributed by atoms with Crippen LogP contribution in [-0.4, -0.2) is 23.8 Å². The third kappa shape index (κ3) is 8.31. The summed E-state index contributed by atoms with van der Waals surface area (Å²) in [7, 11) is 11.7. The molecule has 38 heavy (non-hydrogen) atoms. The summed E-state index contributed by atoms with van der Waals surface area (Å²) in [6.45, 7) is 21.5. The van der Waals surface area contributed by atoms with Crippen molar-refractivity contribution >= 4 is 51.3 Å². The molecule has 0 aliphatic carbocycles. The van der Waals surface area contributed by atoms with E-state index in [1.165, 1.54) is 44.8 Å².